The second-order valence-corrected chi connectivity index (χ2v) is 7.61. The number of hydrogen-bond acceptors (Lipinski definition) is 0. The van der Waals surface area contributed by atoms with E-state index in [1.54, 1.807) is 0 Å². The predicted molar refractivity (Wildman–Crippen MR) is 47.5 cm³/mol. The van der Waals surface area contributed by atoms with E-state index in [4.69, 9.17) is 2.61 Å². The molecule has 0 saturated heterocycles. The van der Waals surface area contributed by atoms with Gasteiger partial charge in [-0.15, -0.1) is 8.09 Å². The fourth-order valence-electron chi connectivity index (χ4n) is 0.0282. The van der Waals surface area contributed by atoms with Crippen molar-refractivity contribution in [1.29, 1.82) is 2.61 Å². The molecule has 3 unspecified atom stereocenters. The van der Waals surface area contributed by atoms with E-state index >= 15 is 0 Å². The van der Waals surface area contributed by atoms with Crippen molar-refractivity contribution in [2.75, 3.05) is 0 Å². The Bertz CT molecular complexity index is 50.2. The molecule has 0 radical (unpaired) electrons. The highest BCUT2D eigenvalue weighted by Crippen LogP contribution is 2.42. The van der Waals surface area contributed by atoms with Crippen LogP contribution in [-0.4, -0.2) is 9.30 Å². The van der Waals surface area contributed by atoms with E-state index in [0.29, 0.717) is 5.91 Å². The third-order valence-electron chi connectivity index (χ3n) is 0.123. The van der Waals surface area contributed by atoms with E-state index in [9.17, 15) is 0 Å². The maximum Gasteiger partial charge on any atom is 0.177 e. The molecule has 0 heterocycles. The van der Waals surface area contributed by atoms with Gasteiger partial charge in [-0.05, 0) is 7.25 Å². The number of rotatable bonds is 2. The normalized spacial score (nSPS) is 22.0. The first-order valence-electron chi connectivity index (χ1n) is 2.03. The maximum absolute atomic E-state index is 7.14. The Balaban J connectivity index is 3.14. The molecule has 0 aliphatic rings. The fourth-order valence-corrected chi connectivity index (χ4v) is 5.10. The topological polar surface area (TPSA) is 0 Å². The summed E-state index contributed by atoms with van der Waals surface area (Å²) in [6.07, 6.45) is 0. The van der Waals surface area contributed by atoms with E-state index in [0.717, 1.165) is 0 Å². The smallest absolute Gasteiger partial charge is 0.169 e. The highest BCUT2D eigenvalue weighted by Gasteiger charge is 1.72. The SMILES string of the molecule is [2H]B(P)P([3H])PI. The largest absolute Gasteiger partial charge is 0.177 e. The van der Waals surface area contributed by atoms with Crippen molar-refractivity contribution in [3.8, 4) is 0 Å². The maximum atomic E-state index is 7.14. The van der Waals surface area contributed by atoms with Crippen molar-refractivity contribution in [3.05, 3.63) is 0 Å². The van der Waals surface area contributed by atoms with Crippen LogP contribution in [0.5, 0.6) is 0 Å². The first-order chi connectivity index (χ1) is 3.18. The summed E-state index contributed by atoms with van der Waals surface area (Å²) >= 11 is 2.16. The molecule has 0 amide bonds. The van der Waals surface area contributed by atoms with Crippen molar-refractivity contribution in [2.45, 2.75) is 0 Å². The molecular formula is H5BIP3. The molecule has 5 heteroatoms. The minimum atomic E-state index is -0.743. The third-order valence-corrected chi connectivity index (χ3v) is 4.96. The summed E-state index contributed by atoms with van der Waals surface area (Å²) in [6, 6.07) is 0. The lowest BCUT2D eigenvalue weighted by Crippen LogP contribution is -1.40. The Labute approximate surface area is 54.6 Å². The van der Waals surface area contributed by atoms with Crippen molar-refractivity contribution in [1.82, 2.24) is 0 Å². The van der Waals surface area contributed by atoms with Crippen molar-refractivity contribution in [2.24, 2.45) is 0 Å². The zero-order chi connectivity index (χ0) is 5.86. The van der Waals surface area contributed by atoms with Crippen LogP contribution in [0.4, 0.5) is 0 Å². The average molecular weight is 239 g/mol. The van der Waals surface area contributed by atoms with Gasteiger partial charge in [0.25, 0.3) is 0 Å². The summed E-state index contributed by atoms with van der Waals surface area (Å²) in [7, 11) is 1.58. The van der Waals surface area contributed by atoms with E-state index in [-0.39, 0.29) is 6.68 Å². The molecule has 0 aliphatic carbocycles. The van der Waals surface area contributed by atoms with Crippen LogP contribution >= 0.6 is 45.2 Å². The molecule has 0 nitrogen and oxygen atoms in total. The monoisotopic (exact) mass is 239 g/mol. The van der Waals surface area contributed by atoms with Gasteiger partial charge in [0.15, 0.2) is 6.68 Å². The van der Waals surface area contributed by atoms with Crippen LogP contribution in [0.25, 0.3) is 0 Å². The lowest BCUT2D eigenvalue weighted by atomic mass is 10.7. The zero-order valence-corrected chi connectivity index (χ0v) is 7.69. The highest BCUT2D eigenvalue weighted by molar-refractivity contribution is 14.2. The summed E-state index contributed by atoms with van der Waals surface area (Å²) in [5, 5.41) is 0. The van der Waals surface area contributed by atoms with Gasteiger partial charge < -0.3 is 0 Å². The van der Waals surface area contributed by atoms with Crippen LogP contribution in [0.3, 0.4) is 0 Å². The minimum Gasteiger partial charge on any atom is -0.169 e. The molecule has 0 fully saturated rings. The van der Waals surface area contributed by atoms with Gasteiger partial charge in [0.1, 0.15) is 0 Å². The minimum absolute atomic E-state index is 0.231. The lowest BCUT2D eigenvalue weighted by molar-refractivity contribution is 4.72. The first kappa shape index (κ1) is 4.01. The Hall–Kier alpha value is 2.08. The molecule has 0 N–H and O–H groups in total. The van der Waals surface area contributed by atoms with Crippen molar-refractivity contribution < 1.29 is 0 Å². The molecule has 0 aliphatic heterocycles. The molecule has 0 bridgehead atoms. The quantitative estimate of drug-likeness (QED) is 0.391. The van der Waals surface area contributed by atoms with Gasteiger partial charge in [-0.1, -0.05) is 22.0 Å². The molecular weight excluding hydrogens is 231 g/mol. The lowest BCUT2D eigenvalue weighted by Gasteiger charge is -1.76. The van der Waals surface area contributed by atoms with E-state index < -0.39 is 8.09 Å². The first-order valence-corrected chi connectivity index (χ1v) is 7.59. The third kappa shape index (κ3) is 6.08. The molecule has 30 valence electrons. The van der Waals surface area contributed by atoms with Gasteiger partial charge in [0.05, 0.1) is 1.28 Å². The summed E-state index contributed by atoms with van der Waals surface area (Å²) in [4.78, 5) is 0. The Morgan fingerprint density at radius 2 is 3.20 bits per heavy atom. The molecule has 5 heavy (non-hydrogen) atoms. The van der Waals surface area contributed by atoms with Gasteiger partial charge in [-0.25, -0.2) is 0 Å². The van der Waals surface area contributed by atoms with Crippen molar-refractivity contribution in [3.63, 3.8) is 0 Å². The van der Waals surface area contributed by atoms with Gasteiger partial charge in [0.2, 0.25) is 0 Å². The average Bonchev–Trinajstić information content (AvgIpc) is 1.65. The summed E-state index contributed by atoms with van der Waals surface area (Å²) in [5.41, 5.74) is 0. The molecule has 0 aromatic carbocycles. The van der Waals surface area contributed by atoms with Crippen LogP contribution in [0.15, 0.2) is 0 Å². The summed E-state index contributed by atoms with van der Waals surface area (Å²) in [6.45, 7) is -0.231. The van der Waals surface area contributed by atoms with Crippen LogP contribution in [0.2, 0.25) is 0 Å². The van der Waals surface area contributed by atoms with Gasteiger partial charge in [-0.2, -0.15) is 9.12 Å². The molecule has 0 aromatic rings. The van der Waals surface area contributed by atoms with Gasteiger partial charge >= 0.3 is 0 Å². The zero-order valence-electron chi connectivity index (χ0n) is 4.48. The predicted octanol–water partition coefficient (Wildman–Crippen LogP) is 1.75. The van der Waals surface area contributed by atoms with E-state index in [1.807, 2.05) is 0 Å². The molecule has 0 aromatic heterocycles. The Kier molecular flexibility index (Phi) is 4.88. The molecule has 0 rings (SSSR count). The summed E-state index contributed by atoms with van der Waals surface area (Å²) in [5.74, 6) is 0.605. The summed E-state index contributed by atoms with van der Waals surface area (Å²) < 4.78 is 14.1. The molecule has 0 saturated carbocycles. The Morgan fingerprint density at radius 3 is 3.20 bits per heavy atom. The van der Waals surface area contributed by atoms with Crippen LogP contribution in [-0.2, 0) is 0 Å². The van der Waals surface area contributed by atoms with Gasteiger partial charge in [-0.3, -0.25) is 0 Å². The van der Waals surface area contributed by atoms with Gasteiger partial charge in [0, 0.05) is 0 Å². The highest BCUT2D eigenvalue weighted by atomic mass is 127. The van der Waals surface area contributed by atoms with Crippen molar-refractivity contribution >= 4 is 51.8 Å². The van der Waals surface area contributed by atoms with E-state index in [2.05, 4.69) is 31.2 Å². The number of halogens is 1. The number of hydrogen-bond donors (Lipinski definition) is 0. The van der Waals surface area contributed by atoms with Crippen LogP contribution < -0.4 is 0 Å². The second-order valence-electron chi connectivity index (χ2n) is 0.363. The second kappa shape index (κ2) is 6.08. The van der Waals surface area contributed by atoms with Crippen LogP contribution in [0.1, 0.15) is 0 Å². The molecule has 0 spiro atoms. The molecule has 3 atom stereocenters. The standard InChI is InChI=1S/BH5IP3/c2-5-4-1-3/h1,4-5H,3H2/i1D,4T. The van der Waals surface area contributed by atoms with Crippen LogP contribution in [0, 0.1) is 0 Å². The Morgan fingerprint density at radius 1 is 2.60 bits per heavy atom. The fraction of sp³-hybridized carbons (Fsp3) is 0. The van der Waals surface area contributed by atoms with E-state index in [1.165, 1.54) is 0 Å².